The van der Waals surface area contributed by atoms with Crippen molar-refractivity contribution in [3.05, 3.63) is 59.9 Å². The third kappa shape index (κ3) is 4.65. The number of nitrogens with two attached hydrogens (primary N) is 1. The lowest BCUT2D eigenvalue weighted by Crippen LogP contribution is -2.16. The molecule has 0 aliphatic rings. The van der Waals surface area contributed by atoms with Gasteiger partial charge in [-0.25, -0.2) is 9.07 Å². The van der Waals surface area contributed by atoms with Gasteiger partial charge in [0.25, 0.3) is 0 Å². The van der Waals surface area contributed by atoms with Crippen LogP contribution in [0.25, 0.3) is 11.4 Å². The van der Waals surface area contributed by atoms with Gasteiger partial charge in [0, 0.05) is 11.3 Å². The highest BCUT2D eigenvalue weighted by atomic mass is 32.2. The molecule has 0 unspecified atom stereocenters. The molecule has 1 aromatic heterocycles. The van der Waals surface area contributed by atoms with E-state index < -0.39 is 0 Å². The largest absolute Gasteiger partial charge is 0.335 e. The summed E-state index contributed by atoms with van der Waals surface area (Å²) in [5, 5.41) is 11.2. The summed E-state index contributed by atoms with van der Waals surface area (Å²) in [7, 11) is 0. The lowest BCUT2D eigenvalue weighted by atomic mass is 10.0. The average Bonchev–Trinajstić information content (AvgIpc) is 3.01. The molecule has 0 spiro atoms. The third-order valence-corrected chi connectivity index (χ3v) is 4.88. The van der Waals surface area contributed by atoms with Crippen molar-refractivity contribution in [2.75, 3.05) is 16.9 Å². The highest BCUT2D eigenvalue weighted by Crippen LogP contribution is 2.22. The number of aromatic nitrogens is 3. The molecule has 0 saturated heterocycles. The molecule has 3 aromatic rings. The van der Waals surface area contributed by atoms with Crippen LogP contribution < -0.4 is 11.2 Å². The number of amides is 1. The monoisotopic (exact) mass is 385 g/mol. The first-order valence-corrected chi connectivity index (χ1v) is 9.41. The molecule has 0 aliphatic heterocycles. The number of nitrogen functional groups attached to an aromatic ring is 1. The molecule has 3 N–H and O–H groups in total. The molecule has 140 valence electrons. The molecule has 0 atom stereocenters. The first-order valence-electron chi connectivity index (χ1n) is 8.43. The standard InChI is InChI=1S/C19H20FN5OS/c1-12(2)13-6-8-16(9-7-13)22-17(26)11-27-19-24-23-18(25(19)21)14-4-3-5-15(20)10-14/h3-10,12H,11,21H2,1-2H3,(H,22,26). The number of hydrogen-bond donors (Lipinski definition) is 2. The second-order valence-electron chi connectivity index (χ2n) is 6.30. The summed E-state index contributed by atoms with van der Waals surface area (Å²) in [4.78, 5) is 12.2. The molecular formula is C19H20FN5OS. The number of rotatable bonds is 6. The SMILES string of the molecule is CC(C)c1ccc(NC(=O)CSc2nnc(-c3cccc(F)c3)n2N)cc1. The van der Waals surface area contributed by atoms with Crippen LogP contribution in [0, 0.1) is 5.82 Å². The van der Waals surface area contributed by atoms with Gasteiger partial charge in [0.15, 0.2) is 5.82 Å². The van der Waals surface area contributed by atoms with E-state index in [-0.39, 0.29) is 17.5 Å². The van der Waals surface area contributed by atoms with Crippen molar-refractivity contribution in [3.8, 4) is 11.4 Å². The molecule has 1 heterocycles. The molecule has 0 fully saturated rings. The molecule has 8 heteroatoms. The van der Waals surface area contributed by atoms with E-state index in [0.717, 1.165) is 17.4 Å². The van der Waals surface area contributed by atoms with Gasteiger partial charge in [-0.3, -0.25) is 4.79 Å². The molecule has 0 bridgehead atoms. The summed E-state index contributed by atoms with van der Waals surface area (Å²) in [5.74, 6) is 6.33. The zero-order chi connectivity index (χ0) is 19.4. The van der Waals surface area contributed by atoms with Gasteiger partial charge in [0.1, 0.15) is 5.82 Å². The summed E-state index contributed by atoms with van der Waals surface area (Å²) in [6.45, 7) is 4.23. The van der Waals surface area contributed by atoms with E-state index in [1.165, 1.54) is 22.4 Å². The zero-order valence-corrected chi connectivity index (χ0v) is 15.8. The van der Waals surface area contributed by atoms with Crippen LogP contribution >= 0.6 is 11.8 Å². The fourth-order valence-electron chi connectivity index (χ4n) is 2.48. The molecule has 6 nitrogen and oxygen atoms in total. The van der Waals surface area contributed by atoms with Crippen LogP contribution in [0.15, 0.2) is 53.7 Å². The summed E-state index contributed by atoms with van der Waals surface area (Å²) >= 11 is 1.16. The Bertz CT molecular complexity index is 940. The molecule has 2 aromatic carbocycles. The van der Waals surface area contributed by atoms with Crippen LogP contribution in [-0.4, -0.2) is 26.5 Å². The Labute approximate surface area is 161 Å². The number of nitrogens with one attached hydrogen (secondary N) is 1. The van der Waals surface area contributed by atoms with E-state index >= 15 is 0 Å². The fraction of sp³-hybridized carbons (Fsp3) is 0.211. The Morgan fingerprint density at radius 2 is 1.96 bits per heavy atom. The second-order valence-corrected chi connectivity index (χ2v) is 7.24. The molecule has 1 amide bonds. The van der Waals surface area contributed by atoms with Gasteiger partial charge < -0.3 is 11.2 Å². The second kappa shape index (κ2) is 8.22. The van der Waals surface area contributed by atoms with E-state index in [9.17, 15) is 9.18 Å². The number of nitrogens with zero attached hydrogens (tertiary/aromatic N) is 3. The average molecular weight is 385 g/mol. The van der Waals surface area contributed by atoms with Crippen molar-refractivity contribution < 1.29 is 9.18 Å². The molecule has 0 aliphatic carbocycles. The minimum atomic E-state index is -0.382. The molecule has 3 rings (SSSR count). The van der Waals surface area contributed by atoms with Gasteiger partial charge >= 0.3 is 0 Å². The van der Waals surface area contributed by atoms with E-state index in [0.29, 0.717) is 22.5 Å². The topological polar surface area (TPSA) is 85.8 Å². The van der Waals surface area contributed by atoms with Crippen molar-refractivity contribution in [1.29, 1.82) is 0 Å². The maximum Gasteiger partial charge on any atom is 0.234 e. The Balaban J connectivity index is 1.61. The molecular weight excluding hydrogens is 365 g/mol. The number of thioether (sulfide) groups is 1. The Kier molecular flexibility index (Phi) is 5.75. The van der Waals surface area contributed by atoms with Crippen LogP contribution in [0.1, 0.15) is 25.3 Å². The van der Waals surface area contributed by atoms with E-state index in [2.05, 4.69) is 29.4 Å². The number of anilines is 1. The van der Waals surface area contributed by atoms with Crippen molar-refractivity contribution >= 4 is 23.4 Å². The Morgan fingerprint density at radius 3 is 2.63 bits per heavy atom. The number of carbonyl (C=O) groups is 1. The number of halogens is 1. The summed E-state index contributed by atoms with van der Waals surface area (Å²) in [5.41, 5.74) is 2.47. The van der Waals surface area contributed by atoms with Crippen LogP contribution in [-0.2, 0) is 4.79 Å². The first kappa shape index (κ1) is 18.9. The van der Waals surface area contributed by atoms with Gasteiger partial charge in [0.2, 0.25) is 11.1 Å². The van der Waals surface area contributed by atoms with Crippen molar-refractivity contribution in [3.63, 3.8) is 0 Å². The van der Waals surface area contributed by atoms with Crippen molar-refractivity contribution in [2.45, 2.75) is 24.9 Å². The lowest BCUT2D eigenvalue weighted by Gasteiger charge is -2.08. The normalized spacial score (nSPS) is 11.0. The fourth-order valence-corrected chi connectivity index (χ4v) is 3.13. The summed E-state index contributed by atoms with van der Waals surface area (Å²) < 4.78 is 14.6. The number of carbonyl (C=O) groups excluding carboxylic acids is 1. The van der Waals surface area contributed by atoms with Gasteiger partial charge in [-0.1, -0.05) is 49.9 Å². The Hall–Kier alpha value is -2.87. The Morgan fingerprint density at radius 1 is 1.22 bits per heavy atom. The van der Waals surface area contributed by atoms with E-state index in [4.69, 9.17) is 5.84 Å². The van der Waals surface area contributed by atoms with Gasteiger partial charge in [0.05, 0.1) is 5.75 Å². The maximum atomic E-state index is 13.4. The van der Waals surface area contributed by atoms with Gasteiger partial charge in [-0.2, -0.15) is 0 Å². The van der Waals surface area contributed by atoms with Crippen LogP contribution in [0.5, 0.6) is 0 Å². The van der Waals surface area contributed by atoms with Crippen LogP contribution in [0.2, 0.25) is 0 Å². The highest BCUT2D eigenvalue weighted by molar-refractivity contribution is 7.99. The van der Waals surface area contributed by atoms with E-state index in [1.807, 2.05) is 24.3 Å². The lowest BCUT2D eigenvalue weighted by molar-refractivity contribution is -0.113. The minimum Gasteiger partial charge on any atom is -0.335 e. The minimum absolute atomic E-state index is 0.129. The van der Waals surface area contributed by atoms with Crippen molar-refractivity contribution in [2.24, 2.45) is 0 Å². The predicted molar refractivity (Wildman–Crippen MR) is 105 cm³/mol. The van der Waals surface area contributed by atoms with Crippen molar-refractivity contribution in [1.82, 2.24) is 14.9 Å². The zero-order valence-electron chi connectivity index (χ0n) is 15.0. The highest BCUT2D eigenvalue weighted by Gasteiger charge is 2.14. The first-order chi connectivity index (χ1) is 12.9. The molecule has 27 heavy (non-hydrogen) atoms. The quantitative estimate of drug-likeness (QED) is 0.500. The third-order valence-electron chi connectivity index (χ3n) is 3.94. The van der Waals surface area contributed by atoms with Gasteiger partial charge in [-0.05, 0) is 35.7 Å². The van der Waals surface area contributed by atoms with E-state index in [1.54, 1.807) is 12.1 Å². The smallest absolute Gasteiger partial charge is 0.234 e. The van der Waals surface area contributed by atoms with Crippen LogP contribution in [0.3, 0.4) is 0 Å². The number of hydrogen-bond acceptors (Lipinski definition) is 5. The molecule has 0 saturated carbocycles. The van der Waals surface area contributed by atoms with Gasteiger partial charge in [-0.15, -0.1) is 10.2 Å². The number of benzene rings is 2. The van der Waals surface area contributed by atoms with Crippen LogP contribution in [0.4, 0.5) is 10.1 Å². The predicted octanol–water partition coefficient (Wildman–Crippen LogP) is 3.65. The maximum absolute atomic E-state index is 13.4. The summed E-state index contributed by atoms with van der Waals surface area (Å²) in [6.07, 6.45) is 0. The molecule has 0 radical (unpaired) electrons. The summed E-state index contributed by atoms with van der Waals surface area (Å²) in [6, 6.07) is 13.7.